The maximum Gasteiger partial charge on any atom is 0.211 e. The van der Waals surface area contributed by atoms with Crippen LogP contribution in [0.1, 0.15) is 5.56 Å². The maximum atomic E-state index is 11.5. The molecule has 0 amide bonds. The van der Waals surface area contributed by atoms with Gasteiger partial charge in [0, 0.05) is 50.2 Å². The van der Waals surface area contributed by atoms with Gasteiger partial charge in [-0.05, 0) is 18.2 Å². The third kappa shape index (κ3) is 3.41. The minimum Gasteiger partial charge on any atom is -0.399 e. The highest BCUT2D eigenvalue weighted by Gasteiger charge is 2.24. The normalized spacial score (nSPS) is 17.4. The molecular weight excluding hydrogens is 278 g/mol. The summed E-state index contributed by atoms with van der Waals surface area (Å²) in [4.78, 5) is 2.18. The van der Waals surface area contributed by atoms with Crippen molar-refractivity contribution in [3.63, 3.8) is 0 Å². The van der Waals surface area contributed by atoms with Gasteiger partial charge in [-0.15, -0.1) is 0 Å². The lowest BCUT2D eigenvalue weighted by atomic mass is 10.1. The van der Waals surface area contributed by atoms with Crippen LogP contribution in [0.4, 0.5) is 11.4 Å². The summed E-state index contributed by atoms with van der Waals surface area (Å²) < 4.78 is 29.7. The van der Waals surface area contributed by atoms with Gasteiger partial charge in [0.2, 0.25) is 10.0 Å². The van der Waals surface area contributed by atoms with E-state index < -0.39 is 10.0 Å². The van der Waals surface area contributed by atoms with Crippen molar-refractivity contribution in [2.45, 2.75) is 6.61 Å². The molecule has 6 nitrogen and oxygen atoms in total. The van der Waals surface area contributed by atoms with Crippen molar-refractivity contribution in [3.8, 4) is 0 Å². The number of ether oxygens (including phenoxy) is 1. The first-order chi connectivity index (χ1) is 9.41. The van der Waals surface area contributed by atoms with Gasteiger partial charge in [0.1, 0.15) is 0 Å². The molecule has 2 rings (SSSR count). The standard InChI is InChI=1S/C13H21N3O3S/c1-19-10-11-9-12(14)3-4-13(11)15-5-7-16(8-6-15)20(2,17)18/h3-4,9H,5-8,10,14H2,1-2H3. The summed E-state index contributed by atoms with van der Waals surface area (Å²) >= 11 is 0. The van der Waals surface area contributed by atoms with Gasteiger partial charge in [-0.1, -0.05) is 0 Å². The second-order valence-corrected chi connectivity index (χ2v) is 6.95. The topological polar surface area (TPSA) is 75.9 Å². The molecule has 1 aromatic rings. The van der Waals surface area contributed by atoms with Crippen molar-refractivity contribution in [2.24, 2.45) is 0 Å². The fourth-order valence-corrected chi connectivity index (χ4v) is 3.27. The van der Waals surface area contributed by atoms with Crippen LogP contribution in [0.5, 0.6) is 0 Å². The molecule has 0 saturated carbocycles. The number of sulfonamides is 1. The number of piperazine rings is 1. The lowest BCUT2D eigenvalue weighted by molar-refractivity contribution is 0.185. The van der Waals surface area contributed by atoms with Crippen LogP contribution in [-0.4, -0.2) is 52.3 Å². The molecule has 112 valence electrons. The molecule has 0 aliphatic carbocycles. The maximum absolute atomic E-state index is 11.5. The van der Waals surface area contributed by atoms with Crippen LogP contribution in [0.3, 0.4) is 0 Å². The fourth-order valence-electron chi connectivity index (χ4n) is 2.45. The highest BCUT2D eigenvalue weighted by atomic mass is 32.2. The zero-order valence-corrected chi connectivity index (χ0v) is 12.7. The zero-order chi connectivity index (χ0) is 14.8. The van der Waals surface area contributed by atoms with E-state index in [0.717, 1.165) is 11.3 Å². The Morgan fingerprint density at radius 2 is 1.90 bits per heavy atom. The quantitative estimate of drug-likeness (QED) is 0.819. The summed E-state index contributed by atoms with van der Waals surface area (Å²) in [5.74, 6) is 0. The number of nitrogens with two attached hydrogens (primary N) is 1. The monoisotopic (exact) mass is 299 g/mol. The molecule has 0 aromatic heterocycles. The molecule has 1 aliphatic heterocycles. The molecule has 1 aliphatic rings. The van der Waals surface area contributed by atoms with Gasteiger partial charge in [0.25, 0.3) is 0 Å². The SMILES string of the molecule is COCc1cc(N)ccc1N1CCN(S(C)(=O)=O)CC1. The molecule has 1 saturated heterocycles. The Kier molecular flexibility index (Phi) is 4.52. The second-order valence-electron chi connectivity index (χ2n) is 4.97. The summed E-state index contributed by atoms with van der Waals surface area (Å²) in [6, 6.07) is 5.74. The zero-order valence-electron chi connectivity index (χ0n) is 11.9. The third-order valence-electron chi connectivity index (χ3n) is 3.45. The number of hydrogen-bond donors (Lipinski definition) is 1. The molecule has 1 fully saturated rings. The van der Waals surface area contributed by atoms with Crippen LogP contribution in [0.15, 0.2) is 18.2 Å². The second kappa shape index (κ2) is 5.99. The minimum atomic E-state index is -3.10. The smallest absolute Gasteiger partial charge is 0.211 e. The van der Waals surface area contributed by atoms with Crippen molar-refractivity contribution in [1.82, 2.24) is 4.31 Å². The molecular formula is C13H21N3O3S. The van der Waals surface area contributed by atoms with E-state index in [1.54, 1.807) is 7.11 Å². The molecule has 0 bridgehead atoms. The molecule has 0 radical (unpaired) electrons. The Hall–Kier alpha value is -1.31. The Bertz CT molecular complexity index is 566. The van der Waals surface area contributed by atoms with Gasteiger partial charge in [-0.2, -0.15) is 4.31 Å². The Morgan fingerprint density at radius 1 is 1.25 bits per heavy atom. The predicted octanol–water partition coefficient (Wildman–Crippen LogP) is 0.497. The Labute approximate surface area is 120 Å². The van der Waals surface area contributed by atoms with E-state index in [0.29, 0.717) is 38.5 Å². The van der Waals surface area contributed by atoms with Crippen LogP contribution >= 0.6 is 0 Å². The number of anilines is 2. The van der Waals surface area contributed by atoms with Crippen molar-refractivity contribution in [3.05, 3.63) is 23.8 Å². The molecule has 1 aromatic carbocycles. The van der Waals surface area contributed by atoms with Crippen molar-refractivity contribution < 1.29 is 13.2 Å². The number of nitrogens with zero attached hydrogens (tertiary/aromatic N) is 2. The molecule has 0 spiro atoms. The largest absolute Gasteiger partial charge is 0.399 e. The van der Waals surface area contributed by atoms with Crippen LogP contribution in [-0.2, 0) is 21.4 Å². The number of rotatable bonds is 4. The Morgan fingerprint density at radius 3 is 2.45 bits per heavy atom. The summed E-state index contributed by atoms with van der Waals surface area (Å²) in [7, 11) is -1.45. The lowest BCUT2D eigenvalue weighted by Crippen LogP contribution is -2.48. The first-order valence-corrected chi connectivity index (χ1v) is 8.34. The van der Waals surface area contributed by atoms with Crippen molar-refractivity contribution in [1.29, 1.82) is 0 Å². The summed E-state index contributed by atoms with van der Waals surface area (Å²) in [6.07, 6.45) is 1.25. The van der Waals surface area contributed by atoms with E-state index in [1.807, 2.05) is 18.2 Å². The lowest BCUT2D eigenvalue weighted by Gasteiger charge is -2.35. The van der Waals surface area contributed by atoms with Gasteiger partial charge in [-0.25, -0.2) is 8.42 Å². The van der Waals surface area contributed by atoms with Crippen molar-refractivity contribution >= 4 is 21.4 Å². The average Bonchev–Trinajstić information content (AvgIpc) is 2.38. The number of hydrogen-bond acceptors (Lipinski definition) is 5. The van der Waals surface area contributed by atoms with Gasteiger partial charge < -0.3 is 15.4 Å². The van der Waals surface area contributed by atoms with E-state index in [-0.39, 0.29) is 0 Å². The van der Waals surface area contributed by atoms with E-state index in [2.05, 4.69) is 4.90 Å². The summed E-state index contributed by atoms with van der Waals surface area (Å²) in [6.45, 7) is 2.86. The Balaban J connectivity index is 2.14. The highest BCUT2D eigenvalue weighted by Crippen LogP contribution is 2.25. The summed E-state index contributed by atoms with van der Waals surface area (Å²) in [5, 5.41) is 0. The first-order valence-electron chi connectivity index (χ1n) is 6.49. The third-order valence-corrected chi connectivity index (χ3v) is 4.75. The van der Waals surface area contributed by atoms with E-state index in [1.165, 1.54) is 10.6 Å². The molecule has 0 unspecified atom stereocenters. The molecule has 0 atom stereocenters. The van der Waals surface area contributed by atoms with E-state index in [9.17, 15) is 8.42 Å². The fraction of sp³-hybridized carbons (Fsp3) is 0.538. The predicted molar refractivity (Wildman–Crippen MR) is 80.2 cm³/mol. The number of methoxy groups -OCH3 is 1. The van der Waals surface area contributed by atoms with E-state index in [4.69, 9.17) is 10.5 Å². The molecule has 2 N–H and O–H groups in total. The molecule has 7 heteroatoms. The highest BCUT2D eigenvalue weighted by molar-refractivity contribution is 7.88. The van der Waals surface area contributed by atoms with Crippen LogP contribution in [0.25, 0.3) is 0 Å². The van der Waals surface area contributed by atoms with Crippen LogP contribution in [0, 0.1) is 0 Å². The van der Waals surface area contributed by atoms with E-state index >= 15 is 0 Å². The molecule has 20 heavy (non-hydrogen) atoms. The average molecular weight is 299 g/mol. The van der Waals surface area contributed by atoms with Gasteiger partial charge in [-0.3, -0.25) is 0 Å². The van der Waals surface area contributed by atoms with Gasteiger partial charge >= 0.3 is 0 Å². The van der Waals surface area contributed by atoms with Crippen molar-refractivity contribution in [2.75, 3.05) is 50.2 Å². The van der Waals surface area contributed by atoms with Crippen LogP contribution < -0.4 is 10.6 Å². The van der Waals surface area contributed by atoms with Gasteiger partial charge in [0.05, 0.1) is 12.9 Å². The van der Waals surface area contributed by atoms with Crippen LogP contribution in [0.2, 0.25) is 0 Å². The number of benzene rings is 1. The summed E-state index contributed by atoms with van der Waals surface area (Å²) in [5.41, 5.74) is 8.60. The first kappa shape index (κ1) is 15.1. The minimum absolute atomic E-state index is 0.493. The van der Waals surface area contributed by atoms with Gasteiger partial charge in [0.15, 0.2) is 0 Å². The molecule has 1 heterocycles. The number of nitrogen functional groups attached to an aromatic ring is 1.